The van der Waals surface area contributed by atoms with Crippen LogP contribution in [-0.4, -0.2) is 29.4 Å². The first-order valence-electron chi connectivity index (χ1n) is 11.8. The monoisotopic (exact) mass is 485 g/mol. The van der Waals surface area contributed by atoms with E-state index in [0.717, 1.165) is 12.0 Å². The Hall–Kier alpha value is -4.39. The fraction of sp³-hybridized carbons (Fsp3) is 0.207. The first kappa shape index (κ1) is 24.7. The quantitative estimate of drug-likeness (QED) is 0.163. The zero-order chi connectivity index (χ0) is 25.8. The maximum atomic E-state index is 13.3. The van der Waals surface area contributed by atoms with Crippen LogP contribution in [0.25, 0.3) is 5.76 Å². The molecule has 7 nitrogen and oxygen atoms in total. The third-order valence-electron chi connectivity index (χ3n) is 5.94. The van der Waals surface area contributed by atoms with Gasteiger partial charge < -0.3 is 14.6 Å². The molecule has 1 N–H and O–H groups in total. The maximum Gasteiger partial charge on any atom is 0.308 e. The number of Topliss-reactive ketones (excluding diaryl/α,β-unsaturated/α-hetero) is 1. The summed E-state index contributed by atoms with van der Waals surface area (Å²) in [4.78, 5) is 39.4. The molecule has 0 saturated carbocycles. The van der Waals surface area contributed by atoms with Crippen molar-refractivity contribution in [2.24, 2.45) is 0 Å². The minimum atomic E-state index is -0.889. The van der Waals surface area contributed by atoms with E-state index in [0.29, 0.717) is 34.9 Å². The second-order valence-corrected chi connectivity index (χ2v) is 8.31. The largest absolute Gasteiger partial charge is 0.507 e. The van der Waals surface area contributed by atoms with Crippen molar-refractivity contribution in [2.75, 3.05) is 11.5 Å². The van der Waals surface area contributed by atoms with Crippen molar-refractivity contribution in [3.05, 3.63) is 95.1 Å². The SMILES string of the molecule is CCOc1cccc(/C(O)=C2/C(=O)C(=O)N(c3ccc(CC)cc3)C2c2ccc(OC(C)=O)cc2)c1. The smallest absolute Gasteiger partial charge is 0.308 e. The molecule has 1 atom stereocenters. The van der Waals surface area contributed by atoms with E-state index < -0.39 is 23.7 Å². The number of hydrogen-bond donors (Lipinski definition) is 1. The number of rotatable bonds is 7. The number of carbonyl (C=O) groups is 3. The van der Waals surface area contributed by atoms with Gasteiger partial charge in [-0.25, -0.2) is 0 Å². The molecular weight excluding hydrogens is 458 g/mol. The van der Waals surface area contributed by atoms with Crippen LogP contribution in [0.4, 0.5) is 5.69 Å². The number of anilines is 1. The van der Waals surface area contributed by atoms with Gasteiger partial charge in [0.15, 0.2) is 0 Å². The normalized spacial score (nSPS) is 16.8. The summed E-state index contributed by atoms with van der Waals surface area (Å²) in [6.07, 6.45) is 0.830. The summed E-state index contributed by atoms with van der Waals surface area (Å²) < 4.78 is 10.7. The van der Waals surface area contributed by atoms with Crippen molar-refractivity contribution in [2.45, 2.75) is 33.2 Å². The van der Waals surface area contributed by atoms with Gasteiger partial charge in [-0.3, -0.25) is 19.3 Å². The van der Waals surface area contributed by atoms with Crippen LogP contribution < -0.4 is 14.4 Å². The number of aliphatic hydroxyl groups excluding tert-OH is 1. The van der Waals surface area contributed by atoms with E-state index in [4.69, 9.17) is 9.47 Å². The summed E-state index contributed by atoms with van der Waals surface area (Å²) in [5.74, 6) is -1.41. The third kappa shape index (κ3) is 4.86. The number of ketones is 1. The van der Waals surface area contributed by atoms with E-state index in [9.17, 15) is 19.5 Å². The Morgan fingerprint density at radius 2 is 1.64 bits per heavy atom. The minimum absolute atomic E-state index is 0.0338. The highest BCUT2D eigenvalue weighted by Crippen LogP contribution is 2.42. The first-order valence-corrected chi connectivity index (χ1v) is 11.8. The van der Waals surface area contributed by atoms with Gasteiger partial charge in [-0.15, -0.1) is 0 Å². The van der Waals surface area contributed by atoms with Crippen LogP contribution in [0, 0.1) is 0 Å². The molecule has 0 aromatic heterocycles. The Morgan fingerprint density at radius 1 is 0.944 bits per heavy atom. The number of amides is 1. The summed E-state index contributed by atoms with van der Waals surface area (Å²) in [6.45, 7) is 5.62. The average molecular weight is 486 g/mol. The lowest BCUT2D eigenvalue weighted by atomic mass is 9.95. The summed E-state index contributed by atoms with van der Waals surface area (Å²) in [7, 11) is 0. The molecule has 3 aromatic rings. The van der Waals surface area contributed by atoms with Crippen LogP contribution in [-0.2, 0) is 20.8 Å². The van der Waals surface area contributed by atoms with Gasteiger partial charge in [0, 0.05) is 18.2 Å². The van der Waals surface area contributed by atoms with Crippen molar-refractivity contribution in [1.29, 1.82) is 0 Å². The summed E-state index contributed by atoms with van der Waals surface area (Å²) in [5, 5.41) is 11.3. The van der Waals surface area contributed by atoms with Gasteiger partial charge in [0.25, 0.3) is 11.7 Å². The molecule has 0 bridgehead atoms. The molecule has 1 aliphatic heterocycles. The van der Waals surface area contributed by atoms with Crippen molar-refractivity contribution in [3.8, 4) is 11.5 Å². The summed E-state index contributed by atoms with van der Waals surface area (Å²) in [6, 6.07) is 19.8. The van der Waals surface area contributed by atoms with Gasteiger partial charge in [0.1, 0.15) is 17.3 Å². The lowest BCUT2D eigenvalue weighted by Gasteiger charge is -2.25. The second kappa shape index (κ2) is 10.5. The van der Waals surface area contributed by atoms with E-state index in [1.54, 1.807) is 60.7 Å². The van der Waals surface area contributed by atoms with Crippen LogP contribution in [0.1, 0.15) is 43.5 Å². The Bertz CT molecular complexity index is 1320. The number of aryl methyl sites for hydroxylation is 1. The molecule has 7 heteroatoms. The van der Waals surface area contributed by atoms with E-state index in [1.165, 1.54) is 11.8 Å². The van der Waals surface area contributed by atoms with Crippen molar-refractivity contribution >= 4 is 29.1 Å². The Morgan fingerprint density at radius 3 is 2.25 bits per heavy atom. The van der Waals surface area contributed by atoms with Crippen LogP contribution >= 0.6 is 0 Å². The second-order valence-electron chi connectivity index (χ2n) is 8.31. The third-order valence-corrected chi connectivity index (χ3v) is 5.94. The molecule has 1 saturated heterocycles. The number of nitrogens with zero attached hydrogens (tertiary/aromatic N) is 1. The zero-order valence-electron chi connectivity index (χ0n) is 20.4. The average Bonchev–Trinajstić information content (AvgIpc) is 3.14. The molecule has 0 radical (unpaired) electrons. The zero-order valence-corrected chi connectivity index (χ0v) is 20.4. The van der Waals surface area contributed by atoms with Gasteiger partial charge in [0.2, 0.25) is 0 Å². The molecular formula is C29H27NO6. The molecule has 1 aliphatic rings. The highest BCUT2D eigenvalue weighted by Gasteiger charge is 2.47. The van der Waals surface area contributed by atoms with Gasteiger partial charge in [-0.1, -0.05) is 43.3 Å². The maximum absolute atomic E-state index is 13.3. The van der Waals surface area contributed by atoms with E-state index in [2.05, 4.69) is 0 Å². The van der Waals surface area contributed by atoms with Gasteiger partial charge in [-0.2, -0.15) is 0 Å². The molecule has 1 fully saturated rings. The predicted molar refractivity (Wildman–Crippen MR) is 136 cm³/mol. The fourth-order valence-electron chi connectivity index (χ4n) is 4.25. The molecule has 184 valence electrons. The van der Waals surface area contributed by atoms with Gasteiger partial charge >= 0.3 is 5.97 Å². The highest BCUT2D eigenvalue weighted by atomic mass is 16.5. The topological polar surface area (TPSA) is 93.1 Å². The molecule has 1 heterocycles. The lowest BCUT2D eigenvalue weighted by molar-refractivity contribution is -0.132. The lowest BCUT2D eigenvalue weighted by Crippen LogP contribution is -2.29. The summed E-state index contributed by atoms with van der Waals surface area (Å²) >= 11 is 0. The fourth-order valence-corrected chi connectivity index (χ4v) is 4.25. The Labute approximate surface area is 209 Å². The van der Waals surface area contributed by atoms with Gasteiger partial charge in [-0.05, 0) is 60.9 Å². The van der Waals surface area contributed by atoms with E-state index >= 15 is 0 Å². The number of carbonyl (C=O) groups excluding carboxylic acids is 3. The molecule has 36 heavy (non-hydrogen) atoms. The van der Waals surface area contributed by atoms with Crippen LogP contribution in [0.2, 0.25) is 0 Å². The standard InChI is InChI=1S/C29H27NO6/c1-4-19-9-13-22(14-10-19)30-26(20-11-15-23(16-12-20)36-18(3)31)25(28(33)29(30)34)27(32)21-7-6-8-24(17-21)35-5-2/h6-17,26,32H,4-5H2,1-3H3/b27-25-. The van der Waals surface area contributed by atoms with Crippen LogP contribution in [0.5, 0.6) is 11.5 Å². The first-order chi connectivity index (χ1) is 17.3. The number of aliphatic hydroxyl groups is 1. The Kier molecular flexibility index (Phi) is 7.20. The molecule has 1 unspecified atom stereocenters. The molecule has 0 aliphatic carbocycles. The van der Waals surface area contributed by atoms with Gasteiger partial charge in [0.05, 0.1) is 18.2 Å². The molecule has 3 aromatic carbocycles. The Balaban J connectivity index is 1.87. The minimum Gasteiger partial charge on any atom is -0.507 e. The van der Waals surface area contributed by atoms with E-state index in [-0.39, 0.29) is 11.3 Å². The van der Waals surface area contributed by atoms with Crippen LogP contribution in [0.15, 0.2) is 78.4 Å². The number of hydrogen-bond acceptors (Lipinski definition) is 6. The molecule has 4 rings (SSSR count). The number of esters is 1. The van der Waals surface area contributed by atoms with Crippen LogP contribution in [0.3, 0.4) is 0 Å². The number of ether oxygens (including phenoxy) is 2. The number of benzene rings is 3. The van der Waals surface area contributed by atoms with Crippen molar-refractivity contribution in [3.63, 3.8) is 0 Å². The predicted octanol–water partition coefficient (Wildman–Crippen LogP) is 5.20. The highest BCUT2D eigenvalue weighted by molar-refractivity contribution is 6.51. The summed E-state index contributed by atoms with van der Waals surface area (Å²) in [5.41, 5.74) is 2.53. The molecule has 1 amide bonds. The molecule has 0 spiro atoms. The van der Waals surface area contributed by atoms with E-state index in [1.807, 2.05) is 26.0 Å². The van der Waals surface area contributed by atoms with Crippen molar-refractivity contribution < 1.29 is 29.0 Å². The van der Waals surface area contributed by atoms with Crippen molar-refractivity contribution in [1.82, 2.24) is 0 Å².